The van der Waals surface area contributed by atoms with Crippen molar-refractivity contribution >= 4 is 33.3 Å². The summed E-state index contributed by atoms with van der Waals surface area (Å²) in [6, 6.07) is 10.1. The predicted molar refractivity (Wildman–Crippen MR) is 108 cm³/mol. The number of amidine groups is 1. The topological polar surface area (TPSA) is 119 Å². The lowest BCUT2D eigenvalue weighted by atomic mass is 9.84. The van der Waals surface area contributed by atoms with E-state index in [4.69, 9.17) is 21.9 Å². The van der Waals surface area contributed by atoms with Gasteiger partial charge in [0.05, 0.1) is 28.5 Å². The Hall–Kier alpha value is -3.41. The Morgan fingerprint density at radius 3 is 2.70 bits per heavy atom. The summed E-state index contributed by atoms with van der Waals surface area (Å²) in [4.78, 5) is 5.02. The third-order valence-corrected chi connectivity index (χ3v) is 5.51. The third kappa shape index (κ3) is 2.37. The highest BCUT2D eigenvalue weighted by Crippen LogP contribution is 2.38. The molecule has 6 nitrogen and oxygen atoms in total. The van der Waals surface area contributed by atoms with Gasteiger partial charge in [0.2, 0.25) is 0 Å². The third-order valence-electron chi connectivity index (χ3n) is 5.51. The number of aromatic nitrogens is 3. The second-order valence-corrected chi connectivity index (χ2v) is 7.18. The fraction of sp³-hybridized carbons (Fsp3) is 0.190. The van der Waals surface area contributed by atoms with Gasteiger partial charge < -0.3 is 5.73 Å². The van der Waals surface area contributed by atoms with Crippen molar-refractivity contribution in [2.45, 2.75) is 25.7 Å². The molecule has 1 aliphatic carbocycles. The molecule has 0 saturated carbocycles. The molecule has 0 bridgehead atoms. The average molecular weight is 357 g/mol. The summed E-state index contributed by atoms with van der Waals surface area (Å²) in [7, 11) is 0. The summed E-state index contributed by atoms with van der Waals surface area (Å²) < 4.78 is 0. The first-order valence-electron chi connectivity index (χ1n) is 9.19. The van der Waals surface area contributed by atoms with E-state index in [9.17, 15) is 0 Å². The maximum atomic E-state index is 6.20. The second kappa shape index (κ2) is 5.81. The molecular weight excluding hydrogens is 336 g/mol. The van der Waals surface area contributed by atoms with Gasteiger partial charge in [-0.05, 0) is 61.1 Å². The molecule has 4 aromatic rings. The number of aryl methyl sites for hydroxylation is 1. The van der Waals surface area contributed by atoms with E-state index in [0.29, 0.717) is 5.69 Å². The van der Waals surface area contributed by atoms with Crippen LogP contribution in [0.2, 0.25) is 0 Å². The van der Waals surface area contributed by atoms with Gasteiger partial charge in [0, 0.05) is 22.0 Å². The lowest BCUT2D eigenvalue weighted by Gasteiger charge is -2.22. The van der Waals surface area contributed by atoms with Crippen LogP contribution in [-0.2, 0) is 12.8 Å². The Morgan fingerprint density at radius 2 is 1.89 bits per heavy atom. The van der Waals surface area contributed by atoms with Crippen LogP contribution >= 0.6 is 0 Å². The molecule has 0 aliphatic heterocycles. The van der Waals surface area contributed by atoms with Crippen LogP contribution in [0.4, 0.5) is 5.69 Å². The normalized spacial score (nSPS) is 13.8. The Balaban J connectivity index is 1.86. The molecule has 2 aromatic carbocycles. The van der Waals surface area contributed by atoms with E-state index >= 15 is 0 Å². The van der Waals surface area contributed by atoms with Crippen LogP contribution in [0.25, 0.3) is 33.1 Å². The second-order valence-electron chi connectivity index (χ2n) is 7.18. The van der Waals surface area contributed by atoms with Gasteiger partial charge in [-0.3, -0.25) is 16.2 Å². The molecule has 0 fully saturated rings. The van der Waals surface area contributed by atoms with Crippen molar-refractivity contribution in [3.8, 4) is 11.3 Å². The van der Waals surface area contributed by atoms with Crippen LogP contribution in [0.1, 0.15) is 29.5 Å². The van der Waals surface area contributed by atoms with Crippen molar-refractivity contribution in [3.05, 3.63) is 53.2 Å². The molecule has 2 aromatic heterocycles. The van der Waals surface area contributed by atoms with E-state index in [1.165, 1.54) is 11.1 Å². The van der Waals surface area contributed by atoms with Crippen LogP contribution in [-0.4, -0.2) is 21.0 Å². The van der Waals surface area contributed by atoms with Gasteiger partial charge in [0.25, 0.3) is 5.84 Å². The number of hydrogen-bond donors (Lipinski definition) is 4. The minimum Gasteiger partial charge on any atom is -0.398 e. The van der Waals surface area contributed by atoms with Gasteiger partial charge in [-0.2, -0.15) is 5.10 Å². The van der Waals surface area contributed by atoms with Gasteiger partial charge >= 0.3 is 0 Å². The summed E-state index contributed by atoms with van der Waals surface area (Å²) in [6.45, 7) is 0. The van der Waals surface area contributed by atoms with Crippen molar-refractivity contribution in [2.24, 2.45) is 5.73 Å². The minimum absolute atomic E-state index is 0.250. The van der Waals surface area contributed by atoms with Crippen LogP contribution in [0.15, 0.2) is 36.5 Å². The molecule has 0 atom stereocenters. The standard InChI is InChI=1S/C21H20N6/c22-15-6-8-17-18(19(15)21(23)24)13-3-1-2-4-14(13)20(26-17)11-5-7-16-12(9-11)10-25-27-16/h5-10H,1-4,22H2,(H3,23,24)(H,25,27)/p+1. The number of pyridine rings is 1. The Labute approximate surface area is 156 Å². The maximum Gasteiger partial charge on any atom is 0.273 e. The van der Waals surface area contributed by atoms with Crippen LogP contribution in [0.5, 0.6) is 0 Å². The molecule has 0 spiro atoms. The predicted octanol–water partition coefficient (Wildman–Crippen LogP) is 1.70. The smallest absolute Gasteiger partial charge is 0.273 e. The number of anilines is 1. The SMILES string of the molecule is NC(=[NH2+])c1c(N)ccc2nc(-c3ccc4[nH]ncc4c3)c3c(c12)CCCC3. The first-order valence-corrected chi connectivity index (χ1v) is 9.19. The lowest BCUT2D eigenvalue weighted by molar-refractivity contribution is -0.114. The molecule has 6 heteroatoms. The summed E-state index contributed by atoms with van der Waals surface area (Å²) in [5.41, 5.74) is 20.1. The molecule has 0 radical (unpaired) electrons. The number of fused-ring (bicyclic) bond motifs is 4. The van der Waals surface area contributed by atoms with Crippen molar-refractivity contribution in [3.63, 3.8) is 0 Å². The maximum absolute atomic E-state index is 6.20. The largest absolute Gasteiger partial charge is 0.398 e. The highest BCUT2D eigenvalue weighted by Gasteiger charge is 2.24. The van der Waals surface area contributed by atoms with E-state index in [1.54, 1.807) is 0 Å². The number of nitrogens with two attached hydrogens (primary N) is 3. The number of nitrogens with one attached hydrogen (secondary N) is 1. The first kappa shape index (κ1) is 15.8. The molecule has 0 amide bonds. The van der Waals surface area contributed by atoms with E-state index in [-0.39, 0.29) is 5.84 Å². The molecule has 27 heavy (non-hydrogen) atoms. The molecule has 7 N–H and O–H groups in total. The molecular formula is C21H21N6+. The molecule has 134 valence electrons. The van der Waals surface area contributed by atoms with Gasteiger partial charge in [0.15, 0.2) is 0 Å². The minimum atomic E-state index is 0.250. The number of nitrogen functional groups attached to an aromatic ring is 1. The monoisotopic (exact) mass is 357 g/mol. The Kier molecular flexibility index (Phi) is 3.40. The summed E-state index contributed by atoms with van der Waals surface area (Å²) in [5, 5.41) is 15.2. The van der Waals surface area contributed by atoms with Gasteiger partial charge in [0.1, 0.15) is 0 Å². The summed E-state index contributed by atoms with van der Waals surface area (Å²) >= 11 is 0. The van der Waals surface area contributed by atoms with Crippen LogP contribution in [0.3, 0.4) is 0 Å². The van der Waals surface area contributed by atoms with Crippen molar-refractivity contribution in [1.29, 1.82) is 0 Å². The Morgan fingerprint density at radius 1 is 1.07 bits per heavy atom. The fourth-order valence-corrected chi connectivity index (χ4v) is 4.28. The summed E-state index contributed by atoms with van der Waals surface area (Å²) in [5.74, 6) is 0.250. The Bertz CT molecular complexity index is 1220. The molecule has 5 rings (SSSR count). The first-order chi connectivity index (χ1) is 13.1. The number of benzene rings is 2. The summed E-state index contributed by atoms with van der Waals surface area (Å²) in [6.07, 6.45) is 6.12. The molecule has 1 aliphatic rings. The van der Waals surface area contributed by atoms with Crippen LogP contribution < -0.4 is 16.9 Å². The fourth-order valence-electron chi connectivity index (χ4n) is 4.28. The number of aromatic amines is 1. The van der Waals surface area contributed by atoms with E-state index in [2.05, 4.69) is 28.4 Å². The van der Waals surface area contributed by atoms with E-state index in [0.717, 1.165) is 64.3 Å². The number of nitrogens with zero attached hydrogens (tertiary/aromatic N) is 2. The van der Waals surface area contributed by atoms with Gasteiger partial charge in [-0.1, -0.05) is 6.07 Å². The number of hydrogen-bond acceptors (Lipinski definition) is 3. The van der Waals surface area contributed by atoms with E-state index < -0.39 is 0 Å². The van der Waals surface area contributed by atoms with Crippen LogP contribution in [0, 0.1) is 0 Å². The molecule has 2 heterocycles. The highest BCUT2D eigenvalue weighted by atomic mass is 15.1. The van der Waals surface area contributed by atoms with E-state index in [1.807, 2.05) is 18.3 Å². The number of rotatable bonds is 2. The number of H-pyrrole nitrogens is 1. The lowest BCUT2D eigenvalue weighted by Crippen LogP contribution is -2.46. The average Bonchev–Trinajstić information content (AvgIpc) is 3.15. The van der Waals surface area contributed by atoms with Crippen molar-refractivity contribution in [2.75, 3.05) is 5.73 Å². The van der Waals surface area contributed by atoms with Gasteiger partial charge in [-0.25, -0.2) is 4.98 Å². The van der Waals surface area contributed by atoms with Crippen molar-refractivity contribution in [1.82, 2.24) is 15.2 Å². The van der Waals surface area contributed by atoms with Crippen molar-refractivity contribution < 1.29 is 5.41 Å². The zero-order valence-electron chi connectivity index (χ0n) is 14.9. The van der Waals surface area contributed by atoms with Gasteiger partial charge in [-0.15, -0.1) is 0 Å². The quantitative estimate of drug-likeness (QED) is 0.248. The molecule has 0 unspecified atom stereocenters. The zero-order valence-corrected chi connectivity index (χ0v) is 14.9. The zero-order chi connectivity index (χ0) is 18.5. The highest BCUT2D eigenvalue weighted by molar-refractivity contribution is 6.11. The molecule has 0 saturated heterocycles.